The Hall–Kier alpha value is -0.340. The molecule has 0 aromatic carbocycles. The Kier molecular flexibility index (Phi) is 6.86. The Bertz CT molecular complexity index is 222. The fourth-order valence-electron chi connectivity index (χ4n) is 1.19. The van der Waals surface area contributed by atoms with Crippen LogP contribution < -0.4 is 0 Å². The number of carbonyl (C=O) groups excluding carboxylic acids is 1. The summed E-state index contributed by atoms with van der Waals surface area (Å²) in [5.41, 5.74) is 0.592. The summed E-state index contributed by atoms with van der Waals surface area (Å²) in [7, 11) is 0. The van der Waals surface area contributed by atoms with Crippen molar-refractivity contribution in [2.24, 2.45) is 0 Å². The number of carbonyl (C=O) groups is 1. The molecule has 15 heavy (non-hydrogen) atoms. The van der Waals surface area contributed by atoms with Crippen LogP contribution >= 0.6 is 11.6 Å². The van der Waals surface area contributed by atoms with E-state index in [1.54, 1.807) is 0 Å². The molecule has 0 radical (unpaired) electrons. The second kappa shape index (κ2) is 7.02. The smallest absolute Gasteiger partial charge is 0.135 e. The fourth-order valence-corrected chi connectivity index (χ4v) is 1.32. The molecule has 0 spiro atoms. The second-order valence-corrected chi connectivity index (χ2v) is 4.58. The van der Waals surface area contributed by atoms with E-state index in [1.165, 1.54) is 0 Å². The molecule has 0 atom stereocenters. The first-order chi connectivity index (χ1) is 6.91. The minimum absolute atomic E-state index is 0.233. The molecule has 0 aliphatic heterocycles. The Labute approximate surface area is 97.6 Å². The molecule has 3 heteroatoms. The number of Topliss-reactive ketones (excluding diaryl/α,β-unsaturated/α-hetero) is 1. The summed E-state index contributed by atoms with van der Waals surface area (Å²) in [4.78, 5) is 11.3. The number of hydrogen-bond acceptors (Lipinski definition) is 2. The minimum Gasteiger partial charge on any atom is -0.375 e. The van der Waals surface area contributed by atoms with Gasteiger partial charge in [0.25, 0.3) is 0 Å². The van der Waals surface area contributed by atoms with Gasteiger partial charge in [-0.05, 0) is 20.3 Å². The molecule has 0 fully saturated rings. The predicted octanol–water partition coefficient (Wildman–Crippen LogP) is 3.34. The van der Waals surface area contributed by atoms with Gasteiger partial charge in [-0.25, -0.2) is 0 Å². The van der Waals surface area contributed by atoms with Gasteiger partial charge in [-0.15, -0.1) is 11.6 Å². The maximum atomic E-state index is 11.3. The van der Waals surface area contributed by atoms with E-state index in [9.17, 15) is 4.79 Å². The molecule has 0 unspecified atom stereocenters. The number of rotatable bonds is 8. The van der Waals surface area contributed by atoms with Gasteiger partial charge in [-0.1, -0.05) is 19.1 Å². The molecule has 0 saturated heterocycles. The van der Waals surface area contributed by atoms with E-state index < -0.39 is 0 Å². The van der Waals surface area contributed by atoms with Crippen molar-refractivity contribution >= 4 is 17.4 Å². The Morgan fingerprint density at radius 1 is 1.47 bits per heavy atom. The van der Waals surface area contributed by atoms with Gasteiger partial charge in [-0.2, -0.15) is 0 Å². The molecule has 2 nitrogen and oxygen atoms in total. The first-order valence-corrected chi connectivity index (χ1v) is 5.83. The van der Waals surface area contributed by atoms with Gasteiger partial charge < -0.3 is 4.74 Å². The molecule has 88 valence electrons. The number of ether oxygens (including phenoxy) is 1. The molecular weight excluding hydrogens is 212 g/mol. The summed E-state index contributed by atoms with van der Waals surface area (Å²) in [5, 5.41) is 0. The fraction of sp³-hybridized carbons (Fsp3) is 0.750. The summed E-state index contributed by atoms with van der Waals surface area (Å²) in [6, 6.07) is 0. The molecule has 0 aromatic rings. The van der Waals surface area contributed by atoms with Crippen molar-refractivity contribution in [2.75, 3.05) is 12.5 Å². The molecule has 0 heterocycles. The van der Waals surface area contributed by atoms with Gasteiger partial charge in [0.1, 0.15) is 5.78 Å². The third-order valence-electron chi connectivity index (χ3n) is 2.15. The van der Waals surface area contributed by atoms with Gasteiger partial charge in [0.2, 0.25) is 0 Å². The predicted molar refractivity (Wildman–Crippen MR) is 64.4 cm³/mol. The van der Waals surface area contributed by atoms with Crippen molar-refractivity contribution in [2.45, 2.75) is 45.6 Å². The first-order valence-electron chi connectivity index (χ1n) is 5.29. The Morgan fingerprint density at radius 3 is 2.53 bits per heavy atom. The van der Waals surface area contributed by atoms with Gasteiger partial charge in [0, 0.05) is 18.7 Å². The van der Waals surface area contributed by atoms with Crippen LogP contribution in [0.3, 0.4) is 0 Å². The molecule has 0 aromatic heterocycles. The maximum absolute atomic E-state index is 11.3. The lowest BCUT2D eigenvalue weighted by Gasteiger charge is -2.24. The summed E-state index contributed by atoms with van der Waals surface area (Å²) >= 11 is 5.60. The molecule has 0 amide bonds. The number of hydrogen-bond donors (Lipinski definition) is 0. The van der Waals surface area contributed by atoms with Crippen LogP contribution in [0.1, 0.15) is 40.0 Å². The molecule has 0 aliphatic rings. The van der Waals surface area contributed by atoms with Gasteiger partial charge in [0.05, 0.1) is 12.2 Å². The zero-order chi connectivity index (χ0) is 11.9. The van der Waals surface area contributed by atoms with Crippen LogP contribution in [0.15, 0.2) is 12.2 Å². The highest BCUT2D eigenvalue weighted by Gasteiger charge is 2.21. The number of ketones is 1. The van der Waals surface area contributed by atoms with Crippen LogP contribution in [0.5, 0.6) is 0 Å². The Balaban J connectivity index is 3.83. The molecular formula is C12H21ClO2. The van der Waals surface area contributed by atoms with Crippen molar-refractivity contribution in [1.82, 2.24) is 0 Å². The standard InChI is InChI=1S/C12H21ClO2/c1-5-11(14)8-12(3,4)15-7-6-10(2)9-13/h2,5-9H2,1,3-4H3. The molecule has 0 rings (SSSR count). The molecule has 0 aliphatic carbocycles. The first kappa shape index (κ1) is 14.7. The topological polar surface area (TPSA) is 26.3 Å². The van der Waals surface area contributed by atoms with Gasteiger partial charge in [0.15, 0.2) is 0 Å². The van der Waals surface area contributed by atoms with Crippen LogP contribution in [-0.4, -0.2) is 23.9 Å². The van der Waals surface area contributed by atoms with Crippen LogP contribution in [0.2, 0.25) is 0 Å². The second-order valence-electron chi connectivity index (χ2n) is 4.31. The lowest BCUT2D eigenvalue weighted by molar-refractivity contribution is -0.125. The highest BCUT2D eigenvalue weighted by molar-refractivity contribution is 6.19. The third kappa shape index (κ3) is 7.57. The van der Waals surface area contributed by atoms with E-state index in [2.05, 4.69) is 6.58 Å². The van der Waals surface area contributed by atoms with Gasteiger partial charge in [-0.3, -0.25) is 4.79 Å². The molecule has 0 N–H and O–H groups in total. The van der Waals surface area contributed by atoms with Crippen molar-refractivity contribution in [3.8, 4) is 0 Å². The average Bonchev–Trinajstić information content (AvgIpc) is 2.16. The van der Waals surface area contributed by atoms with Crippen LogP contribution in [0.4, 0.5) is 0 Å². The zero-order valence-electron chi connectivity index (χ0n) is 9.94. The monoisotopic (exact) mass is 232 g/mol. The van der Waals surface area contributed by atoms with Crippen molar-refractivity contribution in [3.05, 3.63) is 12.2 Å². The lowest BCUT2D eigenvalue weighted by Crippen LogP contribution is -2.28. The van der Waals surface area contributed by atoms with Gasteiger partial charge >= 0.3 is 0 Å². The van der Waals surface area contributed by atoms with E-state index in [-0.39, 0.29) is 11.4 Å². The highest BCUT2D eigenvalue weighted by Crippen LogP contribution is 2.17. The maximum Gasteiger partial charge on any atom is 0.135 e. The van der Waals surface area contributed by atoms with Crippen LogP contribution in [0.25, 0.3) is 0 Å². The number of alkyl halides is 1. The van der Waals surface area contributed by atoms with Crippen molar-refractivity contribution in [1.29, 1.82) is 0 Å². The van der Waals surface area contributed by atoms with Crippen molar-refractivity contribution < 1.29 is 9.53 Å². The minimum atomic E-state index is -0.375. The normalized spacial score (nSPS) is 11.5. The van der Waals surface area contributed by atoms with E-state index in [0.29, 0.717) is 25.3 Å². The summed E-state index contributed by atoms with van der Waals surface area (Å²) < 4.78 is 5.63. The summed E-state index contributed by atoms with van der Waals surface area (Å²) in [6.45, 7) is 10.1. The van der Waals surface area contributed by atoms with E-state index in [4.69, 9.17) is 16.3 Å². The molecule has 0 saturated carbocycles. The SMILES string of the molecule is C=C(CCl)CCOC(C)(C)CC(=O)CC. The molecule has 0 bridgehead atoms. The van der Waals surface area contributed by atoms with E-state index >= 15 is 0 Å². The van der Waals surface area contributed by atoms with Crippen LogP contribution in [-0.2, 0) is 9.53 Å². The zero-order valence-corrected chi connectivity index (χ0v) is 10.7. The average molecular weight is 233 g/mol. The Morgan fingerprint density at radius 2 is 2.07 bits per heavy atom. The van der Waals surface area contributed by atoms with E-state index in [1.807, 2.05) is 20.8 Å². The largest absolute Gasteiger partial charge is 0.375 e. The number of halogens is 1. The highest BCUT2D eigenvalue weighted by atomic mass is 35.5. The van der Waals surface area contributed by atoms with E-state index in [0.717, 1.165) is 12.0 Å². The quantitative estimate of drug-likeness (QED) is 0.474. The van der Waals surface area contributed by atoms with Crippen LogP contribution in [0, 0.1) is 0 Å². The summed E-state index contributed by atoms with van der Waals surface area (Å²) in [5.74, 6) is 0.702. The lowest BCUT2D eigenvalue weighted by atomic mass is 10.0. The van der Waals surface area contributed by atoms with Crippen molar-refractivity contribution in [3.63, 3.8) is 0 Å². The summed E-state index contributed by atoms with van der Waals surface area (Å²) in [6.07, 6.45) is 1.80. The third-order valence-corrected chi connectivity index (χ3v) is 2.53.